The van der Waals surface area contributed by atoms with Crippen LogP contribution in [0, 0.1) is 0 Å². The topological polar surface area (TPSA) is 36.4 Å². The molecule has 1 aliphatic rings. The maximum atomic E-state index is 11.2. The number of hydrogen-bond donors (Lipinski definition) is 0. The molecule has 0 aliphatic carbocycles. The summed E-state index contributed by atoms with van der Waals surface area (Å²) in [5, 5.41) is 2.92. The number of carbonyl (C=O) groups is 1. The molecule has 0 aromatic carbocycles. The smallest absolute Gasteiger partial charge is 0.178 e. The molecule has 1 aliphatic heterocycles. The molecule has 0 amide bonds. The van der Waals surface area contributed by atoms with Crippen LogP contribution in [0.15, 0.2) is 5.38 Å². The molecule has 0 unspecified atom stereocenters. The molecule has 2 heterocycles. The Morgan fingerprint density at radius 3 is 2.53 bits per heavy atom. The Hall–Kier alpha value is -0.780. The van der Waals surface area contributed by atoms with Crippen molar-refractivity contribution in [1.29, 1.82) is 0 Å². The van der Waals surface area contributed by atoms with Gasteiger partial charge in [-0.15, -0.1) is 11.3 Å². The minimum atomic E-state index is 0.0586. The van der Waals surface area contributed by atoms with Crippen LogP contribution < -0.4 is 0 Å². The van der Waals surface area contributed by atoms with E-state index in [1.165, 1.54) is 0 Å². The zero-order valence-corrected chi connectivity index (χ0v) is 11.3. The molecule has 1 aromatic rings. The van der Waals surface area contributed by atoms with Crippen LogP contribution in [0.1, 0.15) is 29.3 Å². The number of hydrogen-bond acceptors (Lipinski definition) is 5. The Kier molecular flexibility index (Phi) is 4.25. The van der Waals surface area contributed by atoms with Gasteiger partial charge in [-0.2, -0.15) is 0 Å². The number of carbonyl (C=O) groups excluding carboxylic acids is 1. The van der Waals surface area contributed by atoms with Crippen LogP contribution in [-0.2, 0) is 6.54 Å². The SMILES string of the molecule is CCN1CCN(Cc2nc(C(C)=O)cs2)CC1. The third-order valence-corrected chi connectivity index (χ3v) is 4.02. The molecule has 1 fully saturated rings. The van der Waals surface area contributed by atoms with Crippen molar-refractivity contribution in [1.82, 2.24) is 14.8 Å². The van der Waals surface area contributed by atoms with Crippen molar-refractivity contribution in [2.24, 2.45) is 0 Å². The number of piperazine rings is 1. The molecule has 0 N–H and O–H groups in total. The molecule has 1 saturated heterocycles. The molecular weight excluding hydrogens is 234 g/mol. The van der Waals surface area contributed by atoms with Crippen molar-refractivity contribution in [3.63, 3.8) is 0 Å². The van der Waals surface area contributed by atoms with E-state index in [-0.39, 0.29) is 5.78 Å². The number of aromatic nitrogens is 1. The number of likely N-dealkylation sites (N-methyl/N-ethyl adjacent to an activating group) is 1. The van der Waals surface area contributed by atoms with Crippen molar-refractivity contribution in [3.05, 3.63) is 16.1 Å². The van der Waals surface area contributed by atoms with Crippen LogP contribution in [0.4, 0.5) is 0 Å². The van der Waals surface area contributed by atoms with Crippen molar-refractivity contribution in [2.45, 2.75) is 20.4 Å². The van der Waals surface area contributed by atoms with Gasteiger partial charge in [0.25, 0.3) is 0 Å². The minimum absolute atomic E-state index is 0.0586. The summed E-state index contributed by atoms with van der Waals surface area (Å²) in [6.45, 7) is 10.3. The van der Waals surface area contributed by atoms with Gasteiger partial charge in [0.2, 0.25) is 0 Å². The Morgan fingerprint density at radius 2 is 2.00 bits per heavy atom. The van der Waals surface area contributed by atoms with Gasteiger partial charge >= 0.3 is 0 Å². The van der Waals surface area contributed by atoms with E-state index < -0.39 is 0 Å². The molecule has 0 saturated carbocycles. The molecule has 2 rings (SSSR count). The standard InChI is InChI=1S/C12H19N3OS/c1-3-14-4-6-15(7-5-14)8-12-13-11(9-17-12)10(2)16/h9H,3-8H2,1-2H3. The third-order valence-electron chi connectivity index (χ3n) is 3.18. The first-order chi connectivity index (χ1) is 8.19. The van der Waals surface area contributed by atoms with Gasteiger partial charge in [0.05, 0.1) is 6.54 Å². The summed E-state index contributed by atoms with van der Waals surface area (Å²) in [4.78, 5) is 20.4. The van der Waals surface area contributed by atoms with Crippen molar-refractivity contribution >= 4 is 17.1 Å². The second-order valence-electron chi connectivity index (χ2n) is 4.39. The Bertz CT molecular complexity index is 383. The molecular formula is C12H19N3OS. The second-order valence-corrected chi connectivity index (χ2v) is 5.34. The van der Waals surface area contributed by atoms with Gasteiger partial charge in [-0.3, -0.25) is 9.69 Å². The summed E-state index contributed by atoms with van der Waals surface area (Å²) >= 11 is 1.59. The van der Waals surface area contributed by atoms with Gasteiger partial charge in [0, 0.05) is 38.5 Å². The van der Waals surface area contributed by atoms with Gasteiger partial charge in [-0.25, -0.2) is 4.98 Å². The largest absolute Gasteiger partial charge is 0.301 e. The molecule has 94 valence electrons. The summed E-state index contributed by atoms with van der Waals surface area (Å²) in [6.07, 6.45) is 0. The fourth-order valence-corrected chi connectivity index (χ4v) is 2.87. The van der Waals surface area contributed by atoms with Crippen LogP contribution in [0.2, 0.25) is 0 Å². The lowest BCUT2D eigenvalue weighted by atomic mass is 10.3. The summed E-state index contributed by atoms with van der Waals surface area (Å²) in [6, 6.07) is 0. The van der Waals surface area contributed by atoms with Crippen LogP contribution in [0.3, 0.4) is 0 Å². The van der Waals surface area contributed by atoms with Gasteiger partial charge < -0.3 is 4.90 Å². The predicted molar refractivity (Wildman–Crippen MR) is 69.5 cm³/mol. The summed E-state index contributed by atoms with van der Waals surface area (Å²) < 4.78 is 0. The highest BCUT2D eigenvalue weighted by molar-refractivity contribution is 7.09. The fraction of sp³-hybridized carbons (Fsp3) is 0.667. The van der Waals surface area contributed by atoms with Crippen LogP contribution in [-0.4, -0.2) is 53.3 Å². The lowest BCUT2D eigenvalue weighted by Crippen LogP contribution is -2.45. The van der Waals surface area contributed by atoms with E-state index in [1.807, 2.05) is 5.38 Å². The second kappa shape index (κ2) is 5.71. The molecule has 0 atom stereocenters. The van der Waals surface area contributed by atoms with Gasteiger partial charge in [-0.05, 0) is 6.54 Å². The first-order valence-corrected chi connectivity index (χ1v) is 6.97. The highest BCUT2D eigenvalue weighted by Gasteiger charge is 2.17. The predicted octanol–water partition coefficient (Wildman–Crippen LogP) is 1.48. The maximum absolute atomic E-state index is 11.2. The average Bonchev–Trinajstić information content (AvgIpc) is 2.79. The van der Waals surface area contributed by atoms with Crippen LogP contribution in [0.5, 0.6) is 0 Å². The summed E-state index contributed by atoms with van der Waals surface area (Å²) in [5.41, 5.74) is 0.609. The number of Topliss-reactive ketones (excluding diaryl/α,β-unsaturated/α-hetero) is 1. The molecule has 0 radical (unpaired) electrons. The van der Waals surface area contributed by atoms with E-state index in [1.54, 1.807) is 18.3 Å². The molecule has 4 nitrogen and oxygen atoms in total. The van der Waals surface area contributed by atoms with E-state index in [2.05, 4.69) is 21.7 Å². The van der Waals surface area contributed by atoms with Gasteiger partial charge in [-0.1, -0.05) is 6.92 Å². The summed E-state index contributed by atoms with van der Waals surface area (Å²) in [7, 11) is 0. The van der Waals surface area contributed by atoms with Crippen molar-refractivity contribution in [3.8, 4) is 0 Å². The normalized spacial score (nSPS) is 18.5. The molecule has 5 heteroatoms. The number of thiazole rings is 1. The van der Waals surface area contributed by atoms with E-state index in [9.17, 15) is 4.79 Å². The molecule has 1 aromatic heterocycles. The summed E-state index contributed by atoms with van der Waals surface area (Å²) in [5.74, 6) is 0.0586. The molecule has 0 spiro atoms. The van der Waals surface area contributed by atoms with Gasteiger partial charge in [0.1, 0.15) is 10.7 Å². The number of ketones is 1. The maximum Gasteiger partial charge on any atom is 0.178 e. The third kappa shape index (κ3) is 3.34. The zero-order valence-electron chi connectivity index (χ0n) is 10.5. The van der Waals surface area contributed by atoms with E-state index >= 15 is 0 Å². The first-order valence-electron chi connectivity index (χ1n) is 6.09. The Labute approximate surface area is 106 Å². The highest BCUT2D eigenvalue weighted by atomic mass is 32.1. The lowest BCUT2D eigenvalue weighted by Gasteiger charge is -2.33. The monoisotopic (exact) mass is 253 g/mol. The lowest BCUT2D eigenvalue weighted by molar-refractivity contribution is 0.101. The fourth-order valence-electron chi connectivity index (χ4n) is 2.00. The Balaban J connectivity index is 1.86. The van der Waals surface area contributed by atoms with Crippen molar-refractivity contribution in [2.75, 3.05) is 32.7 Å². The van der Waals surface area contributed by atoms with Crippen LogP contribution >= 0.6 is 11.3 Å². The zero-order chi connectivity index (χ0) is 12.3. The van der Waals surface area contributed by atoms with Crippen molar-refractivity contribution < 1.29 is 4.79 Å². The minimum Gasteiger partial charge on any atom is -0.301 e. The highest BCUT2D eigenvalue weighted by Crippen LogP contribution is 2.14. The molecule has 0 bridgehead atoms. The number of rotatable bonds is 4. The Morgan fingerprint density at radius 1 is 1.35 bits per heavy atom. The number of nitrogens with zero attached hydrogens (tertiary/aromatic N) is 3. The quantitative estimate of drug-likeness (QED) is 0.762. The first kappa shape index (κ1) is 12.7. The average molecular weight is 253 g/mol. The van der Waals surface area contributed by atoms with E-state index in [0.29, 0.717) is 5.69 Å². The van der Waals surface area contributed by atoms with E-state index in [0.717, 1.165) is 44.3 Å². The van der Waals surface area contributed by atoms with Gasteiger partial charge in [0.15, 0.2) is 5.78 Å². The molecule has 17 heavy (non-hydrogen) atoms. The van der Waals surface area contributed by atoms with Crippen LogP contribution in [0.25, 0.3) is 0 Å². The van der Waals surface area contributed by atoms with E-state index in [4.69, 9.17) is 0 Å².